The fraction of sp³-hybridized carbons (Fsp3) is 0.409. The number of hydrogen-bond donors (Lipinski definition) is 1. The molecule has 4 heterocycles. The Balaban J connectivity index is 1.23. The fourth-order valence-corrected chi connectivity index (χ4v) is 7.94. The number of hydrogen-bond acceptors (Lipinski definition) is 8. The van der Waals surface area contributed by atoms with Gasteiger partial charge in [0.2, 0.25) is 0 Å². The number of carbonyl (C=O) groups is 2. The lowest BCUT2D eigenvalue weighted by molar-refractivity contribution is 0.0518. The van der Waals surface area contributed by atoms with Crippen LogP contribution in [0.2, 0.25) is 0 Å². The predicted molar refractivity (Wildman–Crippen MR) is 127 cm³/mol. The Bertz CT molecular complexity index is 1220. The van der Waals surface area contributed by atoms with Crippen molar-refractivity contribution in [2.75, 3.05) is 43.0 Å². The summed E-state index contributed by atoms with van der Waals surface area (Å²) in [6.07, 6.45) is 1.47. The van der Waals surface area contributed by atoms with Crippen LogP contribution in [0, 0.1) is 6.92 Å². The van der Waals surface area contributed by atoms with Gasteiger partial charge in [-0.1, -0.05) is 17.8 Å². The zero-order valence-electron chi connectivity index (χ0n) is 18.1. The van der Waals surface area contributed by atoms with Gasteiger partial charge in [0.1, 0.15) is 0 Å². The van der Waals surface area contributed by atoms with Crippen molar-refractivity contribution in [3.8, 4) is 0 Å². The monoisotopic (exact) mass is 488 g/mol. The quantitative estimate of drug-likeness (QED) is 0.702. The highest BCUT2D eigenvalue weighted by atomic mass is 32.2. The molecule has 3 aliphatic rings. The van der Waals surface area contributed by atoms with Crippen LogP contribution in [0.25, 0.3) is 0 Å². The molecule has 2 aromatic rings. The van der Waals surface area contributed by atoms with Crippen LogP contribution in [0.4, 0.5) is 5.69 Å². The average Bonchev–Trinajstić information content (AvgIpc) is 3.50. The molecular formula is C22H24N4O5S2. The number of benzene rings is 1. The normalized spacial score (nSPS) is 23.8. The lowest BCUT2D eigenvalue weighted by Crippen LogP contribution is -2.50. The van der Waals surface area contributed by atoms with Gasteiger partial charge >= 0.3 is 0 Å². The Morgan fingerprint density at radius 3 is 2.48 bits per heavy atom. The molecule has 1 aromatic carbocycles. The number of sulfone groups is 1. The molecular weight excluding hydrogens is 464 g/mol. The summed E-state index contributed by atoms with van der Waals surface area (Å²) >= 11 is 1.45. The number of furan rings is 1. The van der Waals surface area contributed by atoms with Crippen LogP contribution in [0.1, 0.15) is 26.5 Å². The number of thioether (sulfide) groups is 1. The summed E-state index contributed by atoms with van der Waals surface area (Å²) in [5, 5.41) is 3.94. The molecule has 2 atom stereocenters. The second-order valence-electron chi connectivity index (χ2n) is 8.45. The molecule has 2 fully saturated rings. The van der Waals surface area contributed by atoms with Gasteiger partial charge in [0.15, 0.2) is 20.8 Å². The van der Waals surface area contributed by atoms with Crippen molar-refractivity contribution in [1.82, 2.24) is 9.80 Å². The molecule has 0 bridgehead atoms. The number of nitrogens with zero attached hydrogens (tertiary/aromatic N) is 3. The van der Waals surface area contributed by atoms with Gasteiger partial charge in [-0.25, -0.2) is 8.42 Å². The Morgan fingerprint density at radius 2 is 1.82 bits per heavy atom. The molecule has 2 amide bonds. The minimum atomic E-state index is -3.00. The summed E-state index contributed by atoms with van der Waals surface area (Å²) in [7, 11) is -3.00. The molecule has 0 radical (unpaired) electrons. The molecule has 1 aromatic heterocycles. The number of amidine groups is 1. The zero-order chi connectivity index (χ0) is 23.2. The third kappa shape index (κ3) is 4.51. The van der Waals surface area contributed by atoms with Crippen molar-refractivity contribution in [2.45, 2.75) is 18.2 Å². The molecule has 174 valence electrons. The molecule has 11 heteroatoms. The zero-order valence-corrected chi connectivity index (χ0v) is 19.7. The molecule has 0 spiro atoms. The highest BCUT2D eigenvalue weighted by Gasteiger charge is 2.42. The summed E-state index contributed by atoms with van der Waals surface area (Å²) in [4.78, 5) is 33.5. The summed E-state index contributed by atoms with van der Waals surface area (Å²) in [6, 6.07) is 8.62. The maximum absolute atomic E-state index is 13.1. The summed E-state index contributed by atoms with van der Waals surface area (Å²) in [5.41, 5.74) is 2.30. The molecule has 0 aliphatic carbocycles. The second kappa shape index (κ2) is 8.53. The number of nitrogens with one attached hydrogen (secondary N) is 1. The second-order valence-corrected chi connectivity index (χ2v) is 11.8. The minimum absolute atomic E-state index is 0.0391. The van der Waals surface area contributed by atoms with E-state index in [2.05, 4.69) is 10.3 Å². The van der Waals surface area contributed by atoms with Crippen molar-refractivity contribution in [2.24, 2.45) is 4.99 Å². The van der Waals surface area contributed by atoms with Crippen LogP contribution in [-0.2, 0) is 9.84 Å². The first-order chi connectivity index (χ1) is 15.8. The lowest BCUT2D eigenvalue weighted by Gasteiger charge is -2.34. The number of aryl methyl sites for hydroxylation is 1. The Hall–Kier alpha value is -2.79. The van der Waals surface area contributed by atoms with Crippen LogP contribution >= 0.6 is 11.8 Å². The topological polar surface area (TPSA) is 112 Å². The van der Waals surface area contributed by atoms with Crippen molar-refractivity contribution in [3.05, 3.63) is 53.5 Å². The van der Waals surface area contributed by atoms with Gasteiger partial charge in [-0.15, -0.1) is 0 Å². The summed E-state index contributed by atoms with van der Waals surface area (Å²) in [5.74, 6) is 0.303. The Kier molecular flexibility index (Phi) is 5.69. The molecule has 3 aliphatic heterocycles. The van der Waals surface area contributed by atoms with Gasteiger partial charge < -0.3 is 19.5 Å². The molecule has 0 saturated carbocycles. The average molecular weight is 489 g/mol. The predicted octanol–water partition coefficient (Wildman–Crippen LogP) is 1.87. The van der Waals surface area contributed by atoms with E-state index in [0.717, 1.165) is 11.3 Å². The van der Waals surface area contributed by atoms with Crippen LogP contribution in [-0.4, -0.2) is 84.2 Å². The van der Waals surface area contributed by atoms with E-state index in [1.54, 1.807) is 28.0 Å². The van der Waals surface area contributed by atoms with Crippen molar-refractivity contribution in [1.29, 1.82) is 0 Å². The van der Waals surface area contributed by atoms with Crippen molar-refractivity contribution >= 4 is 44.3 Å². The highest BCUT2D eigenvalue weighted by molar-refractivity contribution is 8.15. The molecule has 2 saturated heterocycles. The molecule has 0 unspecified atom stereocenters. The van der Waals surface area contributed by atoms with Gasteiger partial charge in [0.05, 0.1) is 23.8 Å². The SMILES string of the molecule is Cc1ccc(C(=O)N2CCN(C(=O)c3ccco3)CC2)cc1NC1=N[C@@H]2CS(=O)(=O)C[C@H]2S1. The largest absolute Gasteiger partial charge is 0.459 e. The van der Waals surface area contributed by atoms with Gasteiger partial charge in [-0.2, -0.15) is 0 Å². The van der Waals surface area contributed by atoms with Crippen molar-refractivity contribution < 1.29 is 22.4 Å². The fourth-order valence-electron chi connectivity index (χ4n) is 4.27. The summed E-state index contributed by atoms with van der Waals surface area (Å²) < 4.78 is 28.7. The van der Waals surface area contributed by atoms with E-state index in [-0.39, 0.29) is 34.6 Å². The van der Waals surface area contributed by atoms with Gasteiger partial charge in [0, 0.05) is 42.7 Å². The molecule has 1 N–H and O–H groups in total. The highest BCUT2D eigenvalue weighted by Crippen LogP contribution is 2.35. The smallest absolute Gasteiger partial charge is 0.289 e. The number of amides is 2. The van der Waals surface area contributed by atoms with Crippen LogP contribution in [0.15, 0.2) is 46.0 Å². The molecule has 9 nitrogen and oxygen atoms in total. The van der Waals surface area contributed by atoms with E-state index in [9.17, 15) is 18.0 Å². The van der Waals surface area contributed by atoms with Crippen LogP contribution in [0.5, 0.6) is 0 Å². The lowest BCUT2D eigenvalue weighted by atomic mass is 10.1. The number of fused-ring (bicyclic) bond motifs is 1. The maximum Gasteiger partial charge on any atom is 0.289 e. The number of piperazine rings is 1. The third-order valence-electron chi connectivity index (χ3n) is 6.13. The molecule has 33 heavy (non-hydrogen) atoms. The standard InChI is InChI=1S/C22H24N4O5S2/c1-14-4-5-15(11-16(14)23-22-24-17-12-33(29,30)13-19(17)32-22)20(27)25-6-8-26(9-7-25)21(28)18-3-2-10-31-18/h2-5,10-11,17,19H,6-9,12-13H2,1H3,(H,23,24)/t17-,19-/m1/s1. The number of aliphatic imine (C=N–C) groups is 1. The van der Waals surface area contributed by atoms with Gasteiger partial charge in [-0.05, 0) is 36.8 Å². The van der Waals surface area contributed by atoms with E-state index >= 15 is 0 Å². The number of rotatable bonds is 3. The van der Waals surface area contributed by atoms with Gasteiger partial charge in [-0.3, -0.25) is 14.6 Å². The van der Waals surface area contributed by atoms with Crippen LogP contribution < -0.4 is 5.32 Å². The first-order valence-electron chi connectivity index (χ1n) is 10.7. The number of anilines is 1. The minimum Gasteiger partial charge on any atom is -0.459 e. The summed E-state index contributed by atoms with van der Waals surface area (Å²) in [6.45, 7) is 3.73. The van der Waals surface area contributed by atoms with E-state index < -0.39 is 9.84 Å². The first-order valence-corrected chi connectivity index (χ1v) is 13.4. The Morgan fingerprint density at radius 1 is 1.09 bits per heavy atom. The van der Waals surface area contributed by atoms with E-state index in [0.29, 0.717) is 42.7 Å². The maximum atomic E-state index is 13.1. The van der Waals surface area contributed by atoms with Crippen molar-refractivity contribution in [3.63, 3.8) is 0 Å². The van der Waals surface area contributed by atoms with E-state index in [1.807, 2.05) is 19.1 Å². The van der Waals surface area contributed by atoms with Crippen LogP contribution in [0.3, 0.4) is 0 Å². The van der Waals surface area contributed by atoms with E-state index in [4.69, 9.17) is 4.42 Å². The van der Waals surface area contributed by atoms with E-state index in [1.165, 1.54) is 18.0 Å². The third-order valence-corrected chi connectivity index (χ3v) is 9.27. The van der Waals surface area contributed by atoms with Gasteiger partial charge in [0.25, 0.3) is 11.8 Å². The Labute approximate surface area is 196 Å². The first kappa shape index (κ1) is 22.0. The molecule has 5 rings (SSSR count). The number of carbonyl (C=O) groups excluding carboxylic acids is 2.